The van der Waals surface area contributed by atoms with Crippen LogP contribution < -0.4 is 10.1 Å². The van der Waals surface area contributed by atoms with Crippen molar-refractivity contribution in [2.75, 3.05) is 32.6 Å². The fourth-order valence-electron chi connectivity index (χ4n) is 3.10. The third-order valence-electron chi connectivity index (χ3n) is 4.39. The zero-order valence-electron chi connectivity index (χ0n) is 14.3. The number of fused-ring (bicyclic) bond motifs is 1. The zero-order valence-corrected chi connectivity index (χ0v) is 15.0. The fraction of sp³-hybridized carbons (Fsp3) is 0.467. The van der Waals surface area contributed by atoms with E-state index in [1.807, 2.05) is 17.8 Å². The molecule has 4 heterocycles. The molecular formula is C15H19ClN8O. The standard InChI is InChI=1S/C15H19ClN8O/c1-9-6-17-13-12(19-15(16)21-24(9)13)18-11-8-23(20-14(11)25-3)10-4-5-22(2)7-10/h6,8,10H,4-5,7H2,1-3H3,(H,18,19,21). The number of nitrogens with one attached hydrogen (secondary N) is 1. The summed E-state index contributed by atoms with van der Waals surface area (Å²) in [5, 5.41) is 12.1. The number of hydrogen-bond acceptors (Lipinski definition) is 7. The maximum Gasteiger partial charge on any atom is 0.256 e. The molecule has 1 atom stereocenters. The van der Waals surface area contributed by atoms with Crippen LogP contribution in [-0.4, -0.2) is 61.5 Å². The topological polar surface area (TPSA) is 85.4 Å². The largest absolute Gasteiger partial charge is 0.478 e. The lowest BCUT2D eigenvalue weighted by Gasteiger charge is -2.10. The van der Waals surface area contributed by atoms with Gasteiger partial charge in [-0.1, -0.05) is 0 Å². The van der Waals surface area contributed by atoms with E-state index in [0.29, 0.717) is 23.4 Å². The van der Waals surface area contributed by atoms with Gasteiger partial charge in [0.2, 0.25) is 5.28 Å². The summed E-state index contributed by atoms with van der Waals surface area (Å²) in [6.45, 7) is 3.93. The molecular weight excluding hydrogens is 344 g/mol. The Hall–Kier alpha value is -2.39. The minimum Gasteiger partial charge on any atom is -0.478 e. The average molecular weight is 363 g/mol. The van der Waals surface area contributed by atoms with Crippen LogP contribution in [0, 0.1) is 6.92 Å². The molecule has 1 aliphatic rings. The SMILES string of the molecule is COc1nn(C2CCN(C)C2)cc1Nc1nc(Cl)nn2c(C)cnc12. The highest BCUT2D eigenvalue weighted by Gasteiger charge is 2.24. The van der Waals surface area contributed by atoms with Crippen molar-refractivity contribution in [3.63, 3.8) is 0 Å². The minimum absolute atomic E-state index is 0.139. The summed E-state index contributed by atoms with van der Waals surface area (Å²) in [6, 6.07) is 0.331. The molecule has 0 aliphatic carbocycles. The first-order chi connectivity index (χ1) is 12.0. The Balaban J connectivity index is 1.70. The average Bonchev–Trinajstić information content (AvgIpc) is 3.27. The number of aryl methyl sites for hydroxylation is 1. The van der Waals surface area contributed by atoms with E-state index >= 15 is 0 Å². The normalized spacial score (nSPS) is 18.2. The molecule has 1 fully saturated rings. The van der Waals surface area contributed by atoms with E-state index in [-0.39, 0.29) is 5.28 Å². The monoisotopic (exact) mass is 362 g/mol. The van der Waals surface area contributed by atoms with Crippen molar-refractivity contribution < 1.29 is 4.74 Å². The minimum atomic E-state index is 0.139. The molecule has 1 N–H and O–H groups in total. The third kappa shape index (κ3) is 2.89. The second kappa shape index (κ2) is 6.16. The summed E-state index contributed by atoms with van der Waals surface area (Å²) >= 11 is 6.05. The van der Waals surface area contributed by atoms with E-state index in [0.717, 1.165) is 30.9 Å². The Morgan fingerprint density at radius 2 is 2.20 bits per heavy atom. The zero-order chi connectivity index (χ0) is 17.6. The van der Waals surface area contributed by atoms with Crippen LogP contribution >= 0.6 is 11.6 Å². The van der Waals surface area contributed by atoms with Gasteiger partial charge in [-0.05, 0) is 38.5 Å². The molecule has 132 valence electrons. The summed E-state index contributed by atoms with van der Waals surface area (Å²) in [7, 11) is 3.71. The summed E-state index contributed by atoms with van der Waals surface area (Å²) in [5.41, 5.74) is 2.19. The third-order valence-corrected chi connectivity index (χ3v) is 4.55. The van der Waals surface area contributed by atoms with Crippen molar-refractivity contribution in [2.24, 2.45) is 0 Å². The van der Waals surface area contributed by atoms with Crippen molar-refractivity contribution in [1.29, 1.82) is 0 Å². The van der Waals surface area contributed by atoms with Gasteiger partial charge in [-0.15, -0.1) is 10.2 Å². The Morgan fingerprint density at radius 3 is 2.92 bits per heavy atom. The fourth-order valence-corrected chi connectivity index (χ4v) is 3.26. The number of likely N-dealkylation sites (N-methyl/N-ethyl adjacent to an activating group) is 1. The molecule has 0 saturated carbocycles. The molecule has 9 nitrogen and oxygen atoms in total. The lowest BCUT2D eigenvalue weighted by Crippen LogP contribution is -2.16. The van der Waals surface area contributed by atoms with Gasteiger partial charge in [0.1, 0.15) is 5.69 Å². The lowest BCUT2D eigenvalue weighted by atomic mass is 10.3. The van der Waals surface area contributed by atoms with Crippen molar-refractivity contribution in [1.82, 2.24) is 34.3 Å². The van der Waals surface area contributed by atoms with Crippen LogP contribution in [0.25, 0.3) is 5.65 Å². The molecule has 3 aromatic heterocycles. The number of likely N-dealkylation sites (tertiary alicyclic amines) is 1. The van der Waals surface area contributed by atoms with Crippen molar-refractivity contribution in [3.8, 4) is 5.88 Å². The molecule has 1 unspecified atom stereocenters. The highest BCUT2D eigenvalue weighted by Crippen LogP contribution is 2.30. The summed E-state index contributed by atoms with van der Waals surface area (Å²) in [4.78, 5) is 10.9. The molecule has 0 radical (unpaired) electrons. The van der Waals surface area contributed by atoms with Crippen LogP contribution in [0.1, 0.15) is 18.2 Å². The maximum absolute atomic E-state index is 6.05. The molecule has 1 saturated heterocycles. The van der Waals surface area contributed by atoms with Crippen LogP contribution in [0.4, 0.5) is 11.5 Å². The maximum atomic E-state index is 6.05. The number of rotatable bonds is 4. The highest BCUT2D eigenvalue weighted by molar-refractivity contribution is 6.28. The summed E-state index contributed by atoms with van der Waals surface area (Å²) in [6.07, 6.45) is 4.72. The van der Waals surface area contributed by atoms with E-state index in [4.69, 9.17) is 16.3 Å². The number of anilines is 2. The number of nitrogens with zero attached hydrogens (tertiary/aromatic N) is 7. The molecule has 0 aromatic carbocycles. The van der Waals surface area contributed by atoms with Gasteiger partial charge in [-0.2, -0.15) is 4.98 Å². The smallest absolute Gasteiger partial charge is 0.256 e. The Bertz CT molecular complexity index is 920. The van der Waals surface area contributed by atoms with Crippen LogP contribution in [0.2, 0.25) is 5.28 Å². The van der Waals surface area contributed by atoms with E-state index < -0.39 is 0 Å². The molecule has 25 heavy (non-hydrogen) atoms. The second-order valence-corrected chi connectivity index (χ2v) is 6.56. The lowest BCUT2D eigenvalue weighted by molar-refractivity contribution is 0.362. The van der Waals surface area contributed by atoms with E-state index in [2.05, 4.69) is 37.4 Å². The number of methoxy groups -OCH3 is 1. The molecule has 0 amide bonds. The van der Waals surface area contributed by atoms with E-state index in [9.17, 15) is 0 Å². The number of hydrogen-bond donors (Lipinski definition) is 1. The first-order valence-corrected chi connectivity index (χ1v) is 8.39. The molecule has 0 spiro atoms. The van der Waals surface area contributed by atoms with Crippen LogP contribution in [0.15, 0.2) is 12.4 Å². The van der Waals surface area contributed by atoms with Gasteiger partial charge in [0, 0.05) is 6.54 Å². The van der Waals surface area contributed by atoms with Gasteiger partial charge >= 0.3 is 0 Å². The predicted molar refractivity (Wildman–Crippen MR) is 93.7 cm³/mol. The first-order valence-electron chi connectivity index (χ1n) is 8.01. The first kappa shape index (κ1) is 16.1. The van der Waals surface area contributed by atoms with Crippen LogP contribution in [-0.2, 0) is 0 Å². The number of aromatic nitrogens is 6. The van der Waals surface area contributed by atoms with Crippen molar-refractivity contribution in [2.45, 2.75) is 19.4 Å². The number of halogens is 1. The summed E-state index contributed by atoms with van der Waals surface area (Å²) in [5.74, 6) is 1.01. The molecule has 1 aliphatic heterocycles. The quantitative estimate of drug-likeness (QED) is 0.758. The van der Waals surface area contributed by atoms with Crippen LogP contribution in [0.5, 0.6) is 5.88 Å². The van der Waals surface area contributed by atoms with Gasteiger partial charge < -0.3 is 15.0 Å². The van der Waals surface area contributed by atoms with Gasteiger partial charge in [-0.3, -0.25) is 4.68 Å². The van der Waals surface area contributed by atoms with Crippen LogP contribution in [0.3, 0.4) is 0 Å². The predicted octanol–water partition coefficient (Wildman–Crippen LogP) is 1.91. The van der Waals surface area contributed by atoms with Gasteiger partial charge in [0.15, 0.2) is 11.5 Å². The molecule has 4 rings (SSSR count). The second-order valence-electron chi connectivity index (χ2n) is 6.23. The molecule has 10 heteroatoms. The highest BCUT2D eigenvalue weighted by atomic mass is 35.5. The number of imidazole rings is 1. The van der Waals surface area contributed by atoms with Crippen molar-refractivity contribution in [3.05, 3.63) is 23.4 Å². The number of ether oxygens (including phenoxy) is 1. The Labute approximate surface area is 149 Å². The molecule has 3 aromatic rings. The van der Waals surface area contributed by atoms with Gasteiger partial charge in [0.05, 0.1) is 31.2 Å². The Kier molecular flexibility index (Phi) is 3.97. The molecule has 0 bridgehead atoms. The van der Waals surface area contributed by atoms with E-state index in [1.54, 1.807) is 17.8 Å². The van der Waals surface area contributed by atoms with Crippen molar-refractivity contribution >= 4 is 28.8 Å². The van der Waals surface area contributed by atoms with Gasteiger partial charge in [-0.25, -0.2) is 9.50 Å². The summed E-state index contributed by atoms with van der Waals surface area (Å²) < 4.78 is 9.02. The van der Waals surface area contributed by atoms with Gasteiger partial charge in [0.25, 0.3) is 5.88 Å². The Morgan fingerprint density at radius 1 is 1.36 bits per heavy atom. The van der Waals surface area contributed by atoms with E-state index in [1.165, 1.54) is 0 Å².